The predicted octanol–water partition coefficient (Wildman–Crippen LogP) is 1.26. The van der Waals surface area contributed by atoms with Crippen molar-refractivity contribution in [1.29, 1.82) is 5.26 Å². The zero-order chi connectivity index (χ0) is 12.8. The van der Waals surface area contributed by atoms with Gasteiger partial charge in [-0.1, -0.05) is 0 Å². The van der Waals surface area contributed by atoms with Crippen molar-refractivity contribution in [2.24, 2.45) is 0 Å². The first-order valence-corrected chi connectivity index (χ1v) is 4.61. The van der Waals surface area contributed by atoms with Crippen LogP contribution in [-0.2, 0) is 9.59 Å². The van der Waals surface area contributed by atoms with E-state index in [9.17, 15) is 14.7 Å². The number of aliphatic hydroxyl groups is 1. The Kier molecular flexibility index (Phi) is 4.01. The van der Waals surface area contributed by atoms with Crippen molar-refractivity contribution in [3.8, 4) is 11.8 Å². The number of aldehydes is 1. The molecule has 0 saturated heterocycles. The number of allylic oxidation sites excluding steroid dienone is 1. The van der Waals surface area contributed by atoms with Crippen LogP contribution in [0.4, 0.5) is 0 Å². The molecule has 0 bridgehead atoms. The van der Waals surface area contributed by atoms with E-state index in [1.165, 1.54) is 25.3 Å². The van der Waals surface area contributed by atoms with Crippen LogP contribution in [0.1, 0.15) is 5.56 Å². The quantitative estimate of drug-likeness (QED) is 0.277. The highest BCUT2D eigenvalue weighted by atomic mass is 16.5. The van der Waals surface area contributed by atoms with Gasteiger partial charge in [-0.3, -0.25) is 9.59 Å². The fourth-order valence-electron chi connectivity index (χ4n) is 1.18. The largest absolute Gasteiger partial charge is 0.506 e. The van der Waals surface area contributed by atoms with Crippen molar-refractivity contribution in [2.45, 2.75) is 0 Å². The number of rotatable bonds is 4. The molecule has 1 N–H and O–H groups in total. The normalized spacial score (nSPS) is 11.1. The van der Waals surface area contributed by atoms with Gasteiger partial charge in [-0.2, -0.15) is 5.26 Å². The van der Waals surface area contributed by atoms with Gasteiger partial charge in [-0.25, -0.2) is 0 Å². The summed E-state index contributed by atoms with van der Waals surface area (Å²) in [4.78, 5) is 21.3. The molecule has 5 heteroatoms. The van der Waals surface area contributed by atoms with Gasteiger partial charge in [-0.15, -0.1) is 0 Å². The number of benzene rings is 1. The second kappa shape index (κ2) is 5.47. The average Bonchev–Trinajstić information content (AvgIpc) is 2.39. The Hall–Kier alpha value is -2.61. The highest BCUT2D eigenvalue weighted by Crippen LogP contribution is 2.19. The highest BCUT2D eigenvalue weighted by molar-refractivity contribution is 6.36. The Morgan fingerprint density at radius 1 is 1.41 bits per heavy atom. The van der Waals surface area contributed by atoms with Crippen molar-refractivity contribution in [2.75, 3.05) is 7.11 Å². The molecule has 1 aromatic carbocycles. The highest BCUT2D eigenvalue weighted by Gasteiger charge is 2.15. The summed E-state index contributed by atoms with van der Waals surface area (Å²) in [5.41, 5.74) is -0.317. The molecule has 5 nitrogen and oxygen atoms in total. The zero-order valence-electron chi connectivity index (χ0n) is 9.01. The number of methoxy groups -OCH3 is 1. The maximum Gasteiger partial charge on any atom is 0.239 e. The molecule has 86 valence electrons. The Bertz CT molecular complexity index is 508. The molecular weight excluding hydrogens is 222 g/mol. The first-order valence-electron chi connectivity index (χ1n) is 4.61. The van der Waals surface area contributed by atoms with Crippen molar-refractivity contribution in [1.82, 2.24) is 0 Å². The van der Waals surface area contributed by atoms with Gasteiger partial charge in [-0.05, 0) is 24.3 Å². The molecule has 0 aliphatic carbocycles. The van der Waals surface area contributed by atoms with Gasteiger partial charge in [0.2, 0.25) is 5.78 Å². The van der Waals surface area contributed by atoms with Gasteiger partial charge < -0.3 is 9.84 Å². The van der Waals surface area contributed by atoms with E-state index in [4.69, 9.17) is 10.00 Å². The number of Topliss-reactive ketones (excluding diaryl/α,β-unsaturated/α-hetero) is 1. The third kappa shape index (κ3) is 2.69. The number of nitriles is 1. The summed E-state index contributed by atoms with van der Waals surface area (Å²) in [5.74, 6) is -1.00. The Balaban J connectivity index is 3.21. The topological polar surface area (TPSA) is 87.4 Å². The number of ketones is 1. The molecule has 0 fully saturated rings. The average molecular weight is 231 g/mol. The monoisotopic (exact) mass is 231 g/mol. The van der Waals surface area contributed by atoms with Crippen LogP contribution in [-0.4, -0.2) is 24.3 Å². The fourth-order valence-corrected chi connectivity index (χ4v) is 1.18. The molecule has 0 saturated carbocycles. The van der Waals surface area contributed by atoms with E-state index in [0.29, 0.717) is 5.75 Å². The molecule has 0 heterocycles. The molecule has 0 unspecified atom stereocenters. The minimum atomic E-state index is -1.05. The summed E-state index contributed by atoms with van der Waals surface area (Å²) in [6, 6.07) is 7.57. The van der Waals surface area contributed by atoms with Gasteiger partial charge in [0.15, 0.2) is 6.29 Å². The maximum atomic E-state index is 11.0. The van der Waals surface area contributed by atoms with Crippen LogP contribution in [0.5, 0.6) is 5.75 Å². The molecule has 0 radical (unpaired) electrons. The first-order chi connectivity index (χ1) is 8.13. The second-order valence-electron chi connectivity index (χ2n) is 3.05. The lowest BCUT2D eigenvalue weighted by molar-refractivity contribution is -0.127. The maximum absolute atomic E-state index is 11.0. The third-order valence-electron chi connectivity index (χ3n) is 2.07. The number of carbonyl (C=O) groups is 2. The number of ether oxygens (including phenoxy) is 1. The van der Waals surface area contributed by atoms with E-state index >= 15 is 0 Å². The van der Waals surface area contributed by atoms with Crippen LogP contribution < -0.4 is 4.74 Å². The van der Waals surface area contributed by atoms with Crippen LogP contribution in [0, 0.1) is 11.3 Å². The predicted molar refractivity (Wildman–Crippen MR) is 59.2 cm³/mol. The molecule has 0 atom stereocenters. The molecule has 17 heavy (non-hydrogen) atoms. The lowest BCUT2D eigenvalue weighted by atomic mass is 10.1. The number of nitrogens with zero attached hydrogens (tertiary/aromatic N) is 1. The van der Waals surface area contributed by atoms with E-state index in [1.807, 2.05) is 0 Å². The summed E-state index contributed by atoms with van der Waals surface area (Å²) >= 11 is 0. The summed E-state index contributed by atoms with van der Waals surface area (Å²) in [5, 5.41) is 18.4. The summed E-state index contributed by atoms with van der Waals surface area (Å²) < 4.78 is 4.92. The third-order valence-corrected chi connectivity index (χ3v) is 2.07. The molecular formula is C12H9NO4. The van der Waals surface area contributed by atoms with Gasteiger partial charge in [0.05, 0.1) is 7.11 Å². The molecule has 0 aliphatic rings. The van der Waals surface area contributed by atoms with Gasteiger partial charge in [0.1, 0.15) is 23.2 Å². The molecule has 0 spiro atoms. The first kappa shape index (κ1) is 12.5. The van der Waals surface area contributed by atoms with Crippen LogP contribution in [0.25, 0.3) is 5.76 Å². The zero-order valence-corrected chi connectivity index (χ0v) is 9.01. The molecule has 0 amide bonds. The van der Waals surface area contributed by atoms with E-state index in [1.54, 1.807) is 12.1 Å². The number of hydrogen-bond acceptors (Lipinski definition) is 5. The lowest BCUT2D eigenvalue weighted by Crippen LogP contribution is -2.05. The Morgan fingerprint density at radius 3 is 2.41 bits per heavy atom. The van der Waals surface area contributed by atoms with Crippen LogP contribution in [0.3, 0.4) is 0 Å². The van der Waals surface area contributed by atoms with Gasteiger partial charge >= 0.3 is 0 Å². The molecule has 0 aliphatic heterocycles. The number of hydrogen-bond donors (Lipinski definition) is 1. The Morgan fingerprint density at radius 2 is 2.00 bits per heavy atom. The van der Waals surface area contributed by atoms with Crippen LogP contribution >= 0.6 is 0 Å². The lowest BCUT2D eigenvalue weighted by Gasteiger charge is -2.03. The second-order valence-corrected chi connectivity index (χ2v) is 3.05. The van der Waals surface area contributed by atoms with Crippen LogP contribution in [0.15, 0.2) is 29.8 Å². The smallest absolute Gasteiger partial charge is 0.239 e. The van der Waals surface area contributed by atoms with Crippen molar-refractivity contribution < 1.29 is 19.4 Å². The van der Waals surface area contributed by atoms with E-state index in [2.05, 4.69) is 0 Å². The van der Waals surface area contributed by atoms with Crippen molar-refractivity contribution in [3.05, 3.63) is 35.4 Å². The van der Waals surface area contributed by atoms with Gasteiger partial charge in [0, 0.05) is 5.56 Å². The molecule has 1 rings (SSSR count). The van der Waals surface area contributed by atoms with Crippen LogP contribution in [0.2, 0.25) is 0 Å². The van der Waals surface area contributed by atoms with Gasteiger partial charge in [0.25, 0.3) is 0 Å². The molecule has 1 aromatic rings. The summed E-state index contributed by atoms with van der Waals surface area (Å²) in [6.07, 6.45) is -0.0156. The number of aliphatic hydroxyl groups excluding tert-OH is 1. The van der Waals surface area contributed by atoms with E-state index in [0.717, 1.165) is 0 Å². The van der Waals surface area contributed by atoms with Crippen molar-refractivity contribution >= 4 is 17.8 Å². The summed E-state index contributed by atoms with van der Waals surface area (Å²) in [7, 11) is 1.49. The molecule has 0 aromatic heterocycles. The minimum absolute atomic E-state index is 0.0156. The van der Waals surface area contributed by atoms with E-state index in [-0.39, 0.29) is 11.8 Å². The van der Waals surface area contributed by atoms with Crippen molar-refractivity contribution in [3.63, 3.8) is 0 Å². The van der Waals surface area contributed by atoms with E-state index < -0.39 is 17.1 Å². The minimum Gasteiger partial charge on any atom is -0.506 e. The Labute approximate surface area is 97.6 Å². The standard InChI is InChI=1S/C12H9NO4/c1-17-9-4-2-8(3-5-9)12(16)10(6-13)11(15)7-14/h2-5,7,16H,1H3/b12-10+. The number of carbonyl (C=O) groups excluding carboxylic acids is 2. The fraction of sp³-hybridized carbons (Fsp3) is 0.0833. The SMILES string of the molecule is COc1ccc(/C(O)=C(/C#N)C(=O)C=O)cc1. The summed E-state index contributed by atoms with van der Waals surface area (Å²) in [6.45, 7) is 0.